The zero-order valence-electron chi connectivity index (χ0n) is 14.3. The molecule has 3 N–H and O–H groups in total. The fourth-order valence-corrected chi connectivity index (χ4v) is 4.56. The smallest absolute Gasteiger partial charge is 0.162 e. The highest BCUT2D eigenvalue weighted by Crippen LogP contribution is 2.43. The van der Waals surface area contributed by atoms with E-state index in [1.54, 1.807) is 0 Å². The summed E-state index contributed by atoms with van der Waals surface area (Å²) < 4.78 is 0. The number of benzene rings is 1. The molecule has 2 atom stereocenters. The predicted octanol–water partition coefficient (Wildman–Crippen LogP) is 1.71. The third-order valence-electron chi connectivity index (χ3n) is 5.89. The van der Waals surface area contributed by atoms with Crippen LogP contribution in [0.1, 0.15) is 37.7 Å². The fraction of sp³-hybridized carbons (Fsp3) is 0.632. The van der Waals surface area contributed by atoms with Crippen LogP contribution in [0, 0.1) is 5.92 Å². The monoisotopic (exact) mass is 367 g/mol. The molecule has 6 heteroatoms. The summed E-state index contributed by atoms with van der Waals surface area (Å²) in [6.07, 6.45) is 2.89. The van der Waals surface area contributed by atoms with E-state index < -0.39 is 12.2 Å². The average Bonchev–Trinajstić information content (AvgIpc) is 3.06. The fourth-order valence-electron chi connectivity index (χ4n) is 4.43. The molecule has 0 radical (unpaired) electrons. The number of carbonyl (C=O) groups is 1. The highest BCUT2D eigenvalue weighted by atomic mass is 35.5. The van der Waals surface area contributed by atoms with Gasteiger partial charge in [-0.3, -0.25) is 9.69 Å². The number of carbonyl (C=O) groups excluding carboxylic acids is 1. The van der Waals surface area contributed by atoms with E-state index in [4.69, 9.17) is 11.6 Å². The lowest BCUT2D eigenvalue weighted by Crippen LogP contribution is -2.55. The molecule has 0 aromatic heterocycles. The summed E-state index contributed by atoms with van der Waals surface area (Å²) >= 11 is 6.03. The van der Waals surface area contributed by atoms with E-state index in [0.29, 0.717) is 11.6 Å². The second-order valence-corrected chi connectivity index (χ2v) is 7.89. The molecule has 2 fully saturated rings. The van der Waals surface area contributed by atoms with Crippen molar-refractivity contribution in [3.8, 4) is 0 Å². The molecule has 2 aliphatic rings. The van der Waals surface area contributed by atoms with Crippen LogP contribution in [-0.4, -0.2) is 58.0 Å². The van der Waals surface area contributed by atoms with Crippen LogP contribution in [-0.2, 0) is 10.2 Å². The lowest BCUT2D eigenvalue weighted by atomic mass is 9.77. The van der Waals surface area contributed by atoms with Gasteiger partial charge in [0.1, 0.15) is 5.78 Å². The summed E-state index contributed by atoms with van der Waals surface area (Å²) in [5.74, 6) is -0.983. The lowest BCUT2D eigenvalue weighted by Gasteiger charge is -2.43. The van der Waals surface area contributed by atoms with E-state index in [9.17, 15) is 20.1 Å². The summed E-state index contributed by atoms with van der Waals surface area (Å²) in [5, 5.41) is 29.5. The van der Waals surface area contributed by atoms with Gasteiger partial charge >= 0.3 is 0 Å². The van der Waals surface area contributed by atoms with Gasteiger partial charge in [-0.05, 0) is 30.5 Å². The van der Waals surface area contributed by atoms with Crippen molar-refractivity contribution in [1.82, 2.24) is 4.90 Å². The summed E-state index contributed by atoms with van der Waals surface area (Å²) in [6.45, 7) is 0.879. The molecule has 1 heterocycles. The molecule has 1 saturated heterocycles. The van der Waals surface area contributed by atoms with Crippen LogP contribution in [0.4, 0.5) is 0 Å². The molecule has 2 unspecified atom stereocenters. The number of piperidine rings is 1. The molecular weight excluding hydrogens is 342 g/mol. The highest BCUT2D eigenvalue weighted by Gasteiger charge is 2.43. The molecule has 1 aromatic carbocycles. The number of aliphatic hydroxyl groups excluding tert-OH is 2. The number of hydrogen-bond acceptors (Lipinski definition) is 5. The van der Waals surface area contributed by atoms with E-state index in [2.05, 4.69) is 17.0 Å². The minimum absolute atomic E-state index is 0.0383. The van der Waals surface area contributed by atoms with Crippen molar-refractivity contribution >= 4 is 17.4 Å². The Morgan fingerprint density at radius 1 is 1.20 bits per heavy atom. The van der Waals surface area contributed by atoms with Crippen molar-refractivity contribution in [2.24, 2.45) is 5.92 Å². The van der Waals surface area contributed by atoms with Crippen molar-refractivity contribution in [3.63, 3.8) is 0 Å². The second kappa shape index (κ2) is 7.72. The standard InChI is InChI=1S/C19H26ClNO4/c20-14-5-3-13(4-6-14)19(7-1-2-8-19)12-21-10-16(18(24)25)17(23)9-15(21)11-22/h3-6,15-16,18,22,24-25H,1-2,7-12H2. The number of rotatable bonds is 5. The number of nitrogens with zero attached hydrogens (tertiary/aromatic N) is 1. The maximum atomic E-state index is 12.1. The third kappa shape index (κ3) is 3.91. The molecule has 1 saturated carbocycles. The first-order chi connectivity index (χ1) is 11.9. The van der Waals surface area contributed by atoms with Crippen molar-refractivity contribution < 1.29 is 20.1 Å². The summed E-state index contributed by atoms with van der Waals surface area (Å²) in [7, 11) is 0. The summed E-state index contributed by atoms with van der Waals surface area (Å²) in [4.78, 5) is 14.2. The molecule has 138 valence electrons. The largest absolute Gasteiger partial charge is 0.395 e. The Morgan fingerprint density at radius 2 is 1.84 bits per heavy atom. The van der Waals surface area contributed by atoms with E-state index in [1.165, 1.54) is 5.56 Å². The third-order valence-corrected chi connectivity index (χ3v) is 6.14. The number of hydrogen-bond donors (Lipinski definition) is 3. The molecule has 3 rings (SSSR count). The first-order valence-corrected chi connectivity index (χ1v) is 9.33. The van der Waals surface area contributed by atoms with Gasteiger partial charge in [0, 0.05) is 36.0 Å². The predicted molar refractivity (Wildman–Crippen MR) is 95.4 cm³/mol. The first-order valence-electron chi connectivity index (χ1n) is 8.95. The summed E-state index contributed by atoms with van der Waals surface area (Å²) in [5.41, 5.74) is 1.19. The topological polar surface area (TPSA) is 81.0 Å². The number of likely N-dealkylation sites (tertiary alicyclic amines) is 1. The van der Waals surface area contributed by atoms with Crippen LogP contribution < -0.4 is 0 Å². The van der Waals surface area contributed by atoms with Crippen LogP contribution in [0.2, 0.25) is 5.02 Å². The van der Waals surface area contributed by atoms with E-state index in [-0.39, 0.29) is 36.8 Å². The Labute approximate surface area is 153 Å². The van der Waals surface area contributed by atoms with Crippen molar-refractivity contribution in [3.05, 3.63) is 34.9 Å². The van der Waals surface area contributed by atoms with E-state index in [1.807, 2.05) is 12.1 Å². The van der Waals surface area contributed by atoms with Crippen LogP contribution in [0.15, 0.2) is 24.3 Å². The molecule has 0 spiro atoms. The molecule has 1 aromatic rings. The van der Waals surface area contributed by atoms with Crippen LogP contribution in [0.3, 0.4) is 0 Å². The normalized spacial score (nSPS) is 27.2. The van der Waals surface area contributed by atoms with Gasteiger partial charge in [0.05, 0.1) is 12.5 Å². The molecule has 0 amide bonds. The summed E-state index contributed by atoms with van der Waals surface area (Å²) in [6, 6.07) is 7.68. The van der Waals surface area contributed by atoms with Gasteiger partial charge in [-0.2, -0.15) is 0 Å². The van der Waals surface area contributed by atoms with Crippen molar-refractivity contribution in [2.45, 2.75) is 49.9 Å². The first kappa shape index (κ1) is 18.8. The molecule has 25 heavy (non-hydrogen) atoms. The Bertz CT molecular complexity index is 598. The van der Waals surface area contributed by atoms with Gasteiger partial charge in [0.25, 0.3) is 0 Å². The van der Waals surface area contributed by atoms with Gasteiger partial charge in [-0.1, -0.05) is 36.6 Å². The van der Waals surface area contributed by atoms with Gasteiger partial charge in [-0.15, -0.1) is 0 Å². The minimum Gasteiger partial charge on any atom is -0.395 e. The second-order valence-electron chi connectivity index (χ2n) is 7.45. The Morgan fingerprint density at radius 3 is 2.40 bits per heavy atom. The van der Waals surface area contributed by atoms with Gasteiger partial charge < -0.3 is 15.3 Å². The number of Topliss-reactive ketones (excluding diaryl/α,β-unsaturated/α-hetero) is 1. The van der Waals surface area contributed by atoms with E-state index in [0.717, 1.165) is 25.7 Å². The van der Waals surface area contributed by atoms with Gasteiger partial charge in [0.2, 0.25) is 0 Å². The number of ketones is 1. The SMILES string of the molecule is O=C1CC(CO)N(CC2(c3ccc(Cl)cc3)CCCC2)CC1C(O)O. The Hall–Kier alpha value is -0.980. The van der Waals surface area contributed by atoms with Crippen LogP contribution in [0.5, 0.6) is 0 Å². The average molecular weight is 368 g/mol. The molecule has 1 aliphatic heterocycles. The van der Waals surface area contributed by atoms with Crippen LogP contribution in [0.25, 0.3) is 0 Å². The zero-order valence-corrected chi connectivity index (χ0v) is 15.0. The van der Waals surface area contributed by atoms with Crippen LogP contribution >= 0.6 is 11.6 Å². The maximum Gasteiger partial charge on any atom is 0.162 e. The Kier molecular flexibility index (Phi) is 5.81. The number of aliphatic hydroxyl groups is 3. The van der Waals surface area contributed by atoms with Crippen molar-refractivity contribution in [2.75, 3.05) is 19.7 Å². The van der Waals surface area contributed by atoms with Crippen molar-refractivity contribution in [1.29, 1.82) is 0 Å². The molecule has 0 bridgehead atoms. The lowest BCUT2D eigenvalue weighted by molar-refractivity contribution is -0.151. The molecule has 5 nitrogen and oxygen atoms in total. The van der Waals surface area contributed by atoms with Gasteiger partial charge in [-0.25, -0.2) is 0 Å². The van der Waals surface area contributed by atoms with Gasteiger partial charge in [0.15, 0.2) is 6.29 Å². The highest BCUT2D eigenvalue weighted by molar-refractivity contribution is 6.30. The Balaban J connectivity index is 1.85. The molecule has 1 aliphatic carbocycles. The quantitative estimate of drug-likeness (QED) is 0.690. The molecular formula is C19H26ClNO4. The minimum atomic E-state index is -1.65. The number of halogens is 1. The maximum absolute atomic E-state index is 12.1. The zero-order chi connectivity index (χ0) is 18.0. The van der Waals surface area contributed by atoms with E-state index >= 15 is 0 Å².